The Morgan fingerprint density at radius 2 is 1.56 bits per heavy atom. The van der Waals surface area contributed by atoms with E-state index in [0.29, 0.717) is 11.5 Å². The zero-order valence-corrected chi connectivity index (χ0v) is 28.0. The topological polar surface area (TPSA) is 44.4 Å². The summed E-state index contributed by atoms with van der Waals surface area (Å²) in [5.74, 6) is 1.27. The van der Waals surface area contributed by atoms with Crippen LogP contribution in [0.25, 0.3) is 44.1 Å². The molecule has 1 atom stereocenters. The Kier molecular flexibility index (Phi) is 5.99. The Hall–Kier alpha value is -4.34. The fraction of sp³-hybridized carbons (Fsp3) is 0.205. The van der Waals surface area contributed by atoms with Crippen LogP contribution in [0, 0.1) is 17.5 Å². The van der Waals surface area contributed by atoms with Gasteiger partial charge in [-0.2, -0.15) is 12.1 Å². The molecule has 226 valence electrons. The number of benzene rings is 4. The zero-order chi connectivity index (χ0) is 30.0. The summed E-state index contributed by atoms with van der Waals surface area (Å²) in [6.45, 7) is 11.6. The van der Waals surface area contributed by atoms with Crippen LogP contribution in [-0.2, 0) is 26.5 Å². The van der Waals surface area contributed by atoms with Crippen molar-refractivity contribution in [2.45, 2.75) is 46.2 Å². The Morgan fingerprint density at radius 3 is 2.42 bits per heavy atom. The van der Waals surface area contributed by atoms with Gasteiger partial charge < -0.3 is 19.5 Å². The summed E-state index contributed by atoms with van der Waals surface area (Å²) < 4.78 is 8.64. The minimum atomic E-state index is -0.161. The number of hydrogen-bond acceptors (Lipinski definition) is 3. The number of aromatic nitrogens is 2. The van der Waals surface area contributed by atoms with Crippen molar-refractivity contribution in [2.24, 2.45) is 5.41 Å². The minimum absolute atomic E-state index is 0. The van der Waals surface area contributed by atoms with Gasteiger partial charge in [0.25, 0.3) is 0 Å². The van der Waals surface area contributed by atoms with Gasteiger partial charge >= 0.3 is 0 Å². The molecule has 0 saturated carbocycles. The first-order chi connectivity index (χ1) is 21.3. The van der Waals surface area contributed by atoms with E-state index in [2.05, 4.69) is 111 Å². The van der Waals surface area contributed by atoms with Gasteiger partial charge in [-0.25, -0.2) is 4.98 Å². The molecule has 4 aromatic carbocycles. The summed E-state index contributed by atoms with van der Waals surface area (Å²) in [4.78, 5) is 7.19. The Bertz CT molecular complexity index is 2170. The van der Waals surface area contributed by atoms with Crippen LogP contribution < -0.4 is 9.64 Å². The van der Waals surface area contributed by atoms with Crippen molar-refractivity contribution in [3.63, 3.8) is 0 Å². The molecule has 9 rings (SSSR count). The van der Waals surface area contributed by atoms with Gasteiger partial charge in [0.15, 0.2) is 0 Å². The molecule has 0 saturated heterocycles. The van der Waals surface area contributed by atoms with Crippen LogP contribution in [0.3, 0.4) is 0 Å². The van der Waals surface area contributed by atoms with Crippen molar-refractivity contribution < 1.29 is 25.8 Å². The average molecular weight is 767 g/mol. The Labute approximate surface area is 277 Å². The molecule has 5 heterocycles. The third-order valence-corrected chi connectivity index (χ3v) is 10.4. The van der Waals surface area contributed by atoms with Gasteiger partial charge in [0.2, 0.25) is 0 Å². The van der Waals surface area contributed by atoms with Gasteiger partial charge in [-0.3, -0.25) is 0 Å². The molecule has 6 aromatic rings. The Balaban J connectivity index is 0.00000300. The molecule has 45 heavy (non-hydrogen) atoms. The predicted molar refractivity (Wildman–Crippen MR) is 176 cm³/mol. The molecule has 3 aliphatic rings. The van der Waals surface area contributed by atoms with Crippen LogP contribution in [-0.4, -0.2) is 9.55 Å². The van der Waals surface area contributed by atoms with E-state index < -0.39 is 0 Å². The van der Waals surface area contributed by atoms with Crippen LogP contribution in [0.5, 0.6) is 11.5 Å². The molecular formula is C39H31N4OPt-3. The number of pyridine rings is 1. The van der Waals surface area contributed by atoms with Gasteiger partial charge in [0.1, 0.15) is 5.65 Å². The third kappa shape index (κ3) is 3.68. The summed E-state index contributed by atoms with van der Waals surface area (Å²) in [6.07, 6.45) is 1.67. The van der Waals surface area contributed by atoms with Crippen molar-refractivity contribution in [3.05, 3.63) is 131 Å². The van der Waals surface area contributed by atoms with Crippen molar-refractivity contribution in [2.75, 3.05) is 4.90 Å². The Morgan fingerprint density at radius 1 is 0.778 bits per heavy atom. The molecule has 0 bridgehead atoms. The number of para-hydroxylation sites is 2. The van der Waals surface area contributed by atoms with Crippen LogP contribution in [0.2, 0.25) is 0 Å². The van der Waals surface area contributed by atoms with E-state index in [0.717, 1.165) is 44.4 Å². The second-order valence-electron chi connectivity index (χ2n) is 13.1. The first-order valence-corrected chi connectivity index (χ1v) is 15.2. The molecule has 3 aliphatic heterocycles. The van der Waals surface area contributed by atoms with E-state index in [9.17, 15) is 0 Å². The van der Waals surface area contributed by atoms with E-state index in [1.807, 2.05) is 36.5 Å². The molecule has 5 nitrogen and oxygen atoms in total. The third-order valence-electron chi connectivity index (χ3n) is 10.4. The van der Waals surface area contributed by atoms with E-state index in [-0.39, 0.29) is 38.1 Å². The van der Waals surface area contributed by atoms with E-state index >= 15 is 0 Å². The van der Waals surface area contributed by atoms with Crippen LogP contribution in [0.15, 0.2) is 103 Å². The second-order valence-corrected chi connectivity index (χ2v) is 13.1. The van der Waals surface area contributed by atoms with E-state index in [4.69, 9.17) is 15.0 Å². The van der Waals surface area contributed by atoms with Crippen molar-refractivity contribution in [1.29, 1.82) is 0 Å². The number of allylic oxidation sites excluding steroid dienone is 2. The molecule has 0 radical (unpaired) electrons. The molecule has 0 fully saturated rings. The molecule has 6 heteroatoms. The maximum Gasteiger partial charge on any atom is 0.143 e. The number of fused-ring (bicyclic) bond motifs is 6. The quantitative estimate of drug-likeness (QED) is 0.169. The number of rotatable bonds is 3. The molecule has 0 spiro atoms. The van der Waals surface area contributed by atoms with Gasteiger partial charge in [0.05, 0.1) is 5.52 Å². The van der Waals surface area contributed by atoms with Gasteiger partial charge in [-0.05, 0) is 35.5 Å². The standard InChI is InChI=1S/C39H31N4O.Pt/c1-23-35-39(4,5)38(2,3)32-16-9-14-29-27-19-18-26(22-31(27)37(41-23)43(35)34(29)32)44-25-12-8-11-24(21-25)42-33-17-7-6-13-28(33)30-15-10-20-40-36(30)42;/h6-20,37H,1-5H3;/q-3;. The van der Waals surface area contributed by atoms with Crippen molar-refractivity contribution >= 4 is 27.6 Å². The second kappa shape index (κ2) is 9.58. The molecule has 2 aromatic heterocycles. The maximum absolute atomic E-state index is 6.49. The predicted octanol–water partition coefficient (Wildman–Crippen LogP) is 9.99. The maximum atomic E-state index is 6.49. The van der Waals surface area contributed by atoms with Gasteiger partial charge in [0, 0.05) is 71.7 Å². The van der Waals surface area contributed by atoms with Gasteiger partial charge in [-0.15, -0.1) is 47.2 Å². The first-order valence-electron chi connectivity index (χ1n) is 15.2. The monoisotopic (exact) mass is 766 g/mol. The molecule has 0 aliphatic carbocycles. The number of anilines is 1. The summed E-state index contributed by atoms with van der Waals surface area (Å²) >= 11 is 0. The van der Waals surface area contributed by atoms with Crippen LogP contribution in [0.1, 0.15) is 51.9 Å². The minimum Gasteiger partial charge on any atom is -0.665 e. The van der Waals surface area contributed by atoms with Crippen molar-refractivity contribution in [3.8, 4) is 28.3 Å². The van der Waals surface area contributed by atoms with Gasteiger partial charge in [-0.1, -0.05) is 76.7 Å². The van der Waals surface area contributed by atoms with Crippen LogP contribution >= 0.6 is 0 Å². The fourth-order valence-electron chi connectivity index (χ4n) is 7.71. The summed E-state index contributed by atoms with van der Waals surface area (Å²) in [7, 11) is 0. The summed E-state index contributed by atoms with van der Waals surface area (Å²) in [6, 6.07) is 36.5. The molecule has 1 unspecified atom stereocenters. The van der Waals surface area contributed by atoms with Crippen LogP contribution in [0.4, 0.5) is 5.69 Å². The summed E-state index contributed by atoms with van der Waals surface area (Å²) in [5, 5.41) is 7.53. The largest absolute Gasteiger partial charge is 0.665 e. The molecule has 0 N–H and O–H groups in total. The average Bonchev–Trinajstić information content (AvgIpc) is 3.56. The number of hydrogen-bond donors (Lipinski definition) is 0. The number of nitrogens with zero attached hydrogens (tertiary/aromatic N) is 4. The molecular weight excluding hydrogens is 736 g/mol. The fourth-order valence-corrected chi connectivity index (χ4v) is 7.71. The first kappa shape index (κ1) is 28.2. The zero-order valence-electron chi connectivity index (χ0n) is 25.8. The number of ether oxygens (including phenoxy) is 1. The normalized spacial score (nSPS) is 18.3. The van der Waals surface area contributed by atoms with E-state index in [1.54, 1.807) is 0 Å². The SMILES string of the molecule is CC1=C2N3c4c(cccc4C(C)(C)C2(C)C)-c2ccc(Oc4[c-]c(-n5c6ccccc6c6cccnc65)ccc4)[c-]c2C3[N-]1.[Pt]. The van der Waals surface area contributed by atoms with Crippen molar-refractivity contribution in [1.82, 2.24) is 9.55 Å². The summed E-state index contributed by atoms with van der Waals surface area (Å²) in [5.41, 5.74) is 11.2. The molecule has 0 amide bonds. The smallest absolute Gasteiger partial charge is 0.143 e. The van der Waals surface area contributed by atoms with E-state index in [1.165, 1.54) is 22.5 Å².